The number of para-hydroxylation sites is 1. The summed E-state index contributed by atoms with van der Waals surface area (Å²) in [5, 5.41) is 2.90. The maximum Gasteiger partial charge on any atom is 0.271 e. The first-order valence-corrected chi connectivity index (χ1v) is 12.9. The van der Waals surface area contributed by atoms with Gasteiger partial charge in [0, 0.05) is 15.7 Å². The lowest BCUT2D eigenvalue weighted by atomic mass is 9.95. The molecule has 186 valence electrons. The van der Waals surface area contributed by atoms with E-state index in [0.29, 0.717) is 37.6 Å². The van der Waals surface area contributed by atoms with Crippen LogP contribution in [-0.4, -0.2) is 17.6 Å². The Morgan fingerprint density at radius 2 is 1.86 bits per heavy atom. The zero-order valence-corrected chi connectivity index (χ0v) is 22.3. The summed E-state index contributed by atoms with van der Waals surface area (Å²) in [6, 6.07) is 19.6. The highest BCUT2D eigenvalue weighted by Gasteiger charge is 2.32. The number of nitrogens with zero attached hydrogens (tertiary/aromatic N) is 2. The van der Waals surface area contributed by atoms with Crippen molar-refractivity contribution in [2.45, 2.75) is 13.0 Å². The molecule has 1 aliphatic heterocycles. The number of ether oxygens (including phenoxy) is 1. The third-order valence-corrected chi connectivity index (χ3v) is 7.44. The van der Waals surface area contributed by atoms with E-state index in [2.05, 4.69) is 26.2 Å². The summed E-state index contributed by atoms with van der Waals surface area (Å²) in [6.45, 7) is 1.74. The molecule has 9 heteroatoms. The number of thiazole rings is 1. The van der Waals surface area contributed by atoms with Gasteiger partial charge in [-0.05, 0) is 61.0 Å². The van der Waals surface area contributed by atoms with Gasteiger partial charge in [0.1, 0.15) is 11.6 Å². The maximum absolute atomic E-state index is 13.8. The third-order valence-electron chi connectivity index (χ3n) is 5.96. The average Bonchev–Trinajstić information content (AvgIpc) is 3.18. The normalized spacial score (nSPS) is 15.2. The fourth-order valence-corrected chi connectivity index (χ4v) is 5.67. The molecule has 0 radical (unpaired) electrons. The van der Waals surface area contributed by atoms with Gasteiger partial charge in [0.15, 0.2) is 4.80 Å². The molecule has 0 aliphatic carbocycles. The summed E-state index contributed by atoms with van der Waals surface area (Å²) in [5.41, 5.74) is 2.42. The van der Waals surface area contributed by atoms with Crippen LogP contribution in [-0.2, 0) is 4.79 Å². The summed E-state index contributed by atoms with van der Waals surface area (Å²) in [6.07, 6.45) is 1.75. The van der Waals surface area contributed by atoms with Crippen molar-refractivity contribution in [1.29, 1.82) is 0 Å². The number of benzene rings is 3. The van der Waals surface area contributed by atoms with Gasteiger partial charge < -0.3 is 10.1 Å². The van der Waals surface area contributed by atoms with Crippen molar-refractivity contribution in [2.75, 3.05) is 12.4 Å². The summed E-state index contributed by atoms with van der Waals surface area (Å²) in [7, 11) is 1.57. The molecule has 0 saturated heterocycles. The molecular formula is C28H21BrFN3O3S. The molecule has 0 saturated carbocycles. The fraction of sp³-hybridized carbons (Fsp3) is 0.107. The molecule has 4 aromatic rings. The first-order chi connectivity index (χ1) is 17.9. The van der Waals surface area contributed by atoms with Gasteiger partial charge >= 0.3 is 0 Å². The molecule has 1 amide bonds. The topological polar surface area (TPSA) is 72.7 Å². The van der Waals surface area contributed by atoms with Crippen molar-refractivity contribution >= 4 is 44.9 Å². The second kappa shape index (κ2) is 10.3. The minimum Gasteiger partial charge on any atom is -0.496 e. The van der Waals surface area contributed by atoms with E-state index in [1.807, 2.05) is 36.4 Å². The lowest BCUT2D eigenvalue weighted by molar-refractivity contribution is -0.113. The highest BCUT2D eigenvalue weighted by Crippen LogP contribution is 2.31. The van der Waals surface area contributed by atoms with Crippen LogP contribution in [0.15, 0.2) is 98.3 Å². The van der Waals surface area contributed by atoms with Crippen LogP contribution in [0.1, 0.15) is 24.1 Å². The van der Waals surface area contributed by atoms with Crippen molar-refractivity contribution in [3.8, 4) is 5.75 Å². The van der Waals surface area contributed by atoms with E-state index in [0.717, 1.165) is 10.0 Å². The first kappa shape index (κ1) is 24.9. The van der Waals surface area contributed by atoms with Gasteiger partial charge in [0.25, 0.3) is 11.5 Å². The van der Waals surface area contributed by atoms with Crippen LogP contribution >= 0.6 is 27.3 Å². The molecule has 6 nitrogen and oxygen atoms in total. The van der Waals surface area contributed by atoms with Gasteiger partial charge in [0.2, 0.25) is 0 Å². The lowest BCUT2D eigenvalue weighted by Crippen LogP contribution is -2.40. The quantitative estimate of drug-likeness (QED) is 0.371. The number of hydrogen-bond donors (Lipinski definition) is 1. The van der Waals surface area contributed by atoms with Crippen LogP contribution in [0, 0.1) is 5.82 Å². The minimum atomic E-state index is -0.785. The van der Waals surface area contributed by atoms with Crippen molar-refractivity contribution in [1.82, 2.24) is 4.57 Å². The van der Waals surface area contributed by atoms with Gasteiger partial charge in [-0.25, -0.2) is 9.38 Å². The van der Waals surface area contributed by atoms with Crippen LogP contribution in [0.4, 0.5) is 10.1 Å². The number of aromatic nitrogens is 1. The number of halogens is 2. The molecule has 2 heterocycles. The van der Waals surface area contributed by atoms with E-state index in [-0.39, 0.29) is 11.5 Å². The Morgan fingerprint density at radius 3 is 2.57 bits per heavy atom. The molecular weight excluding hydrogens is 557 g/mol. The van der Waals surface area contributed by atoms with Crippen LogP contribution in [0.2, 0.25) is 0 Å². The molecule has 3 aromatic carbocycles. The van der Waals surface area contributed by atoms with Gasteiger partial charge in [-0.15, -0.1) is 0 Å². The van der Waals surface area contributed by atoms with Gasteiger partial charge in [0.05, 0.1) is 29.0 Å². The number of fused-ring (bicyclic) bond motifs is 1. The Bertz CT molecular complexity index is 1710. The number of amides is 1. The molecule has 1 aliphatic rings. The Kier molecular flexibility index (Phi) is 6.90. The molecule has 1 aromatic heterocycles. The van der Waals surface area contributed by atoms with E-state index < -0.39 is 11.9 Å². The van der Waals surface area contributed by atoms with Gasteiger partial charge in [-0.2, -0.15) is 0 Å². The van der Waals surface area contributed by atoms with E-state index in [1.165, 1.54) is 28.0 Å². The van der Waals surface area contributed by atoms with E-state index in [1.54, 1.807) is 44.4 Å². The number of methoxy groups -OCH3 is 1. The van der Waals surface area contributed by atoms with Crippen LogP contribution in [0.3, 0.4) is 0 Å². The first-order valence-electron chi connectivity index (χ1n) is 11.3. The Hall–Kier alpha value is -3.82. The predicted molar refractivity (Wildman–Crippen MR) is 146 cm³/mol. The molecule has 1 N–H and O–H groups in total. The summed E-state index contributed by atoms with van der Waals surface area (Å²) in [4.78, 5) is 32.4. The second-order valence-corrected chi connectivity index (χ2v) is 10.3. The summed E-state index contributed by atoms with van der Waals surface area (Å²) < 4.78 is 22.0. The van der Waals surface area contributed by atoms with Crippen molar-refractivity contribution in [3.63, 3.8) is 0 Å². The Balaban J connectivity index is 1.69. The van der Waals surface area contributed by atoms with Crippen LogP contribution < -0.4 is 24.9 Å². The van der Waals surface area contributed by atoms with Gasteiger partial charge in [-0.1, -0.05) is 57.6 Å². The second-order valence-electron chi connectivity index (χ2n) is 8.34. The smallest absolute Gasteiger partial charge is 0.271 e. The van der Waals surface area contributed by atoms with Crippen LogP contribution in [0.5, 0.6) is 5.75 Å². The standard InChI is InChI=1S/C28H21BrFN3O3S/c1-16-24(26(34)32-21-6-4-3-5-7-21)25(17-8-11-20(30)12-9-17)33-27(35)23(37-28(33)31-16)15-18-14-19(29)10-13-22(18)36-2/h3-15,25H,1-2H3,(H,32,34)/b23-15+. The SMILES string of the molecule is COc1ccc(Br)cc1/C=c1/sc2n(c1=O)C(c1ccc(F)cc1)C(C(=O)Nc1ccccc1)=C(C)N=2. The number of anilines is 1. The molecule has 5 rings (SSSR count). The molecule has 0 bridgehead atoms. The zero-order chi connectivity index (χ0) is 26.1. The molecule has 0 fully saturated rings. The maximum atomic E-state index is 13.8. The highest BCUT2D eigenvalue weighted by molar-refractivity contribution is 9.10. The molecule has 1 atom stereocenters. The number of nitrogens with one attached hydrogen (secondary N) is 1. The average molecular weight is 578 g/mol. The molecule has 0 spiro atoms. The molecule has 37 heavy (non-hydrogen) atoms. The number of carbonyl (C=O) groups is 1. The number of carbonyl (C=O) groups excluding carboxylic acids is 1. The monoisotopic (exact) mass is 577 g/mol. The van der Waals surface area contributed by atoms with Crippen molar-refractivity contribution in [3.05, 3.63) is 125 Å². The minimum absolute atomic E-state index is 0.308. The fourth-order valence-electron chi connectivity index (χ4n) is 4.25. The largest absolute Gasteiger partial charge is 0.496 e. The van der Waals surface area contributed by atoms with Crippen molar-refractivity contribution < 1.29 is 13.9 Å². The van der Waals surface area contributed by atoms with E-state index in [9.17, 15) is 14.0 Å². The van der Waals surface area contributed by atoms with Crippen molar-refractivity contribution in [2.24, 2.45) is 4.99 Å². The summed E-state index contributed by atoms with van der Waals surface area (Å²) in [5.74, 6) is -0.179. The number of allylic oxidation sites excluding steroid dienone is 1. The zero-order valence-electron chi connectivity index (χ0n) is 19.9. The summed E-state index contributed by atoms with van der Waals surface area (Å²) >= 11 is 4.69. The van der Waals surface area contributed by atoms with E-state index in [4.69, 9.17) is 4.74 Å². The predicted octanol–water partition coefficient (Wildman–Crippen LogP) is 4.78. The number of rotatable bonds is 5. The highest BCUT2D eigenvalue weighted by atomic mass is 79.9. The number of hydrogen-bond acceptors (Lipinski definition) is 5. The van der Waals surface area contributed by atoms with E-state index >= 15 is 0 Å². The van der Waals surface area contributed by atoms with Crippen LogP contribution in [0.25, 0.3) is 6.08 Å². The molecule has 1 unspecified atom stereocenters. The Morgan fingerprint density at radius 1 is 1.14 bits per heavy atom. The Labute approximate surface area is 224 Å². The lowest BCUT2D eigenvalue weighted by Gasteiger charge is -2.25. The van der Waals surface area contributed by atoms with Gasteiger partial charge in [-0.3, -0.25) is 14.2 Å². The third kappa shape index (κ3) is 4.92.